The summed E-state index contributed by atoms with van der Waals surface area (Å²) in [6, 6.07) is 6.37. The van der Waals surface area contributed by atoms with E-state index in [-0.39, 0.29) is 6.04 Å². The predicted octanol–water partition coefficient (Wildman–Crippen LogP) is 2.41. The third-order valence-electron chi connectivity index (χ3n) is 3.15. The number of rotatable bonds is 6. The topological polar surface area (TPSA) is 96.9 Å². The lowest BCUT2D eigenvalue weighted by Crippen LogP contribution is -2.44. The molecule has 26 heavy (non-hydrogen) atoms. The van der Waals surface area contributed by atoms with E-state index in [4.69, 9.17) is 4.74 Å². The lowest BCUT2D eigenvalue weighted by atomic mass is 10.1. The van der Waals surface area contributed by atoms with E-state index in [0.717, 1.165) is 22.2 Å². The van der Waals surface area contributed by atoms with Gasteiger partial charge >= 0.3 is 12.0 Å². The predicted molar refractivity (Wildman–Crippen MR) is 105 cm³/mol. The van der Waals surface area contributed by atoms with Crippen molar-refractivity contribution < 1.29 is 19.1 Å². The molecule has 0 unspecified atom stereocenters. The standard InChI is InChI=1S/C17H21N3O4S2/c1-11(2)19-16(23)20-14(21)9-24-15(22)13-6-4-3-5-12(13)10-26-17-18-7-8-25-17/h3-6,11H,7-10H2,1-2H3,(H2,19,20,21,23). The number of carbonyl (C=O) groups is 3. The van der Waals surface area contributed by atoms with Crippen LogP contribution in [-0.2, 0) is 15.3 Å². The smallest absolute Gasteiger partial charge is 0.338 e. The molecule has 1 aromatic carbocycles. The molecule has 0 aromatic heterocycles. The number of hydrogen-bond donors (Lipinski definition) is 2. The minimum Gasteiger partial charge on any atom is -0.452 e. The summed E-state index contributed by atoms with van der Waals surface area (Å²) in [5.41, 5.74) is 1.22. The quantitative estimate of drug-likeness (QED) is 0.718. The summed E-state index contributed by atoms with van der Waals surface area (Å²) in [6.07, 6.45) is 0. The fraction of sp³-hybridized carbons (Fsp3) is 0.412. The Balaban J connectivity index is 1.86. The van der Waals surface area contributed by atoms with Crippen molar-refractivity contribution in [1.82, 2.24) is 10.6 Å². The molecule has 0 atom stereocenters. The van der Waals surface area contributed by atoms with Crippen molar-refractivity contribution in [3.8, 4) is 0 Å². The van der Waals surface area contributed by atoms with Gasteiger partial charge in [-0.1, -0.05) is 41.7 Å². The van der Waals surface area contributed by atoms with Gasteiger partial charge in [-0.15, -0.1) is 0 Å². The Bertz CT molecular complexity index is 707. The summed E-state index contributed by atoms with van der Waals surface area (Å²) in [4.78, 5) is 39.8. The first-order valence-corrected chi connectivity index (χ1v) is 10.1. The normalized spacial score (nSPS) is 13.3. The Morgan fingerprint density at radius 3 is 2.77 bits per heavy atom. The second-order valence-corrected chi connectivity index (χ2v) is 8.00. The number of nitrogens with zero attached hydrogens (tertiary/aromatic N) is 1. The minimum atomic E-state index is -0.680. The van der Waals surface area contributed by atoms with Crippen LogP contribution in [0.4, 0.5) is 4.79 Å². The maximum absolute atomic E-state index is 12.3. The van der Waals surface area contributed by atoms with Gasteiger partial charge in [-0.25, -0.2) is 9.59 Å². The Morgan fingerprint density at radius 1 is 1.31 bits per heavy atom. The Labute approximate surface area is 160 Å². The number of aliphatic imine (C=N–C) groups is 1. The number of ether oxygens (including phenoxy) is 1. The Morgan fingerprint density at radius 2 is 2.08 bits per heavy atom. The third kappa shape index (κ3) is 6.72. The third-order valence-corrected chi connectivity index (χ3v) is 5.45. The molecular weight excluding hydrogens is 374 g/mol. The van der Waals surface area contributed by atoms with Crippen molar-refractivity contribution in [3.63, 3.8) is 0 Å². The number of esters is 1. The fourth-order valence-corrected chi connectivity index (χ4v) is 4.07. The highest BCUT2D eigenvalue weighted by Crippen LogP contribution is 2.26. The highest BCUT2D eigenvalue weighted by Gasteiger charge is 2.17. The van der Waals surface area contributed by atoms with E-state index < -0.39 is 24.5 Å². The van der Waals surface area contributed by atoms with Gasteiger partial charge in [-0.3, -0.25) is 15.1 Å². The monoisotopic (exact) mass is 395 g/mol. The first kappa shape index (κ1) is 20.3. The molecule has 9 heteroatoms. The molecule has 2 N–H and O–H groups in total. The molecule has 140 valence electrons. The molecule has 1 aliphatic rings. The highest BCUT2D eigenvalue weighted by molar-refractivity contribution is 8.38. The number of carbonyl (C=O) groups excluding carboxylic acids is 3. The summed E-state index contributed by atoms with van der Waals surface area (Å²) in [5, 5.41) is 4.62. The van der Waals surface area contributed by atoms with Crippen LogP contribution in [0.25, 0.3) is 0 Å². The Kier molecular flexibility index (Phi) is 7.99. The van der Waals surface area contributed by atoms with Gasteiger partial charge in [-0.05, 0) is 25.5 Å². The fourth-order valence-electron chi connectivity index (χ4n) is 2.06. The van der Waals surface area contributed by atoms with Crippen LogP contribution in [0.2, 0.25) is 0 Å². The zero-order valence-corrected chi connectivity index (χ0v) is 16.2. The maximum atomic E-state index is 12.3. The largest absolute Gasteiger partial charge is 0.452 e. The van der Waals surface area contributed by atoms with E-state index in [1.165, 1.54) is 0 Å². The molecule has 0 radical (unpaired) electrons. The lowest BCUT2D eigenvalue weighted by Gasteiger charge is -2.11. The second kappa shape index (κ2) is 10.2. The lowest BCUT2D eigenvalue weighted by molar-refractivity contribution is -0.123. The van der Waals surface area contributed by atoms with E-state index in [9.17, 15) is 14.4 Å². The van der Waals surface area contributed by atoms with E-state index in [1.807, 2.05) is 12.1 Å². The van der Waals surface area contributed by atoms with Gasteiger partial charge in [0, 0.05) is 17.5 Å². The SMILES string of the molecule is CC(C)NC(=O)NC(=O)COC(=O)c1ccccc1CSC1=NCCS1. The average Bonchev–Trinajstić information content (AvgIpc) is 3.11. The van der Waals surface area contributed by atoms with Crippen LogP contribution in [0.15, 0.2) is 29.3 Å². The van der Waals surface area contributed by atoms with Crippen molar-refractivity contribution in [2.45, 2.75) is 25.6 Å². The molecule has 0 saturated carbocycles. The molecule has 1 heterocycles. The maximum Gasteiger partial charge on any atom is 0.338 e. The average molecular weight is 396 g/mol. The molecule has 0 aliphatic carbocycles. The van der Waals surface area contributed by atoms with Crippen molar-refractivity contribution in [1.29, 1.82) is 0 Å². The van der Waals surface area contributed by atoms with Crippen molar-refractivity contribution in [2.75, 3.05) is 18.9 Å². The molecule has 1 aromatic rings. The van der Waals surface area contributed by atoms with Crippen LogP contribution in [0.3, 0.4) is 0 Å². The number of hydrogen-bond acceptors (Lipinski definition) is 7. The zero-order chi connectivity index (χ0) is 18.9. The van der Waals surface area contributed by atoms with Crippen LogP contribution in [0.1, 0.15) is 29.8 Å². The van der Waals surface area contributed by atoms with E-state index in [0.29, 0.717) is 11.3 Å². The summed E-state index contributed by atoms with van der Waals surface area (Å²) in [5.74, 6) is 0.313. The van der Waals surface area contributed by atoms with Crippen LogP contribution < -0.4 is 10.6 Å². The van der Waals surface area contributed by atoms with E-state index in [1.54, 1.807) is 49.5 Å². The van der Waals surface area contributed by atoms with Gasteiger partial charge in [0.1, 0.15) is 4.38 Å². The zero-order valence-electron chi connectivity index (χ0n) is 14.6. The summed E-state index contributed by atoms with van der Waals surface area (Å²) in [6.45, 7) is 3.86. The second-order valence-electron chi connectivity index (χ2n) is 5.69. The van der Waals surface area contributed by atoms with Crippen LogP contribution in [-0.4, -0.2) is 47.2 Å². The number of amides is 3. The number of thioether (sulfide) groups is 2. The molecule has 0 bridgehead atoms. The van der Waals surface area contributed by atoms with Gasteiger partial charge in [-0.2, -0.15) is 0 Å². The van der Waals surface area contributed by atoms with Crippen molar-refractivity contribution in [3.05, 3.63) is 35.4 Å². The Hall–Kier alpha value is -2.00. The first-order valence-electron chi connectivity index (χ1n) is 8.11. The molecule has 3 amide bonds. The molecule has 1 aliphatic heterocycles. The van der Waals surface area contributed by atoms with Crippen molar-refractivity contribution >= 4 is 45.8 Å². The minimum absolute atomic E-state index is 0.0997. The molecule has 0 saturated heterocycles. The number of imide groups is 1. The number of benzene rings is 1. The van der Waals surface area contributed by atoms with Gasteiger partial charge in [0.15, 0.2) is 6.61 Å². The molecular formula is C17H21N3O4S2. The summed E-state index contributed by atoms with van der Waals surface area (Å²) >= 11 is 3.29. The van der Waals surface area contributed by atoms with Crippen molar-refractivity contribution in [2.24, 2.45) is 4.99 Å². The van der Waals surface area contributed by atoms with Gasteiger partial charge in [0.05, 0.1) is 12.1 Å². The molecule has 2 rings (SSSR count). The summed E-state index contributed by atoms with van der Waals surface area (Å²) < 4.78 is 6.05. The van der Waals surface area contributed by atoms with Crippen LogP contribution in [0.5, 0.6) is 0 Å². The van der Waals surface area contributed by atoms with Gasteiger partial charge in [0.25, 0.3) is 5.91 Å². The van der Waals surface area contributed by atoms with Gasteiger partial charge in [0.2, 0.25) is 0 Å². The van der Waals surface area contributed by atoms with Crippen LogP contribution >= 0.6 is 23.5 Å². The first-order chi connectivity index (χ1) is 12.5. The highest BCUT2D eigenvalue weighted by atomic mass is 32.2. The van der Waals surface area contributed by atoms with E-state index >= 15 is 0 Å². The van der Waals surface area contributed by atoms with Crippen LogP contribution in [0, 0.1) is 0 Å². The van der Waals surface area contributed by atoms with E-state index in [2.05, 4.69) is 15.6 Å². The number of urea groups is 1. The molecule has 0 fully saturated rings. The van der Waals surface area contributed by atoms with Gasteiger partial charge < -0.3 is 10.1 Å². The number of nitrogens with one attached hydrogen (secondary N) is 2. The summed E-state index contributed by atoms with van der Waals surface area (Å²) in [7, 11) is 0. The molecule has 7 nitrogen and oxygen atoms in total. The molecule has 0 spiro atoms.